The third-order valence-electron chi connectivity index (χ3n) is 7.17. The zero-order valence-corrected chi connectivity index (χ0v) is 23.1. The molecule has 0 amide bonds. The van der Waals surface area contributed by atoms with Crippen molar-refractivity contribution in [3.05, 3.63) is 94.6 Å². The first-order valence-corrected chi connectivity index (χ1v) is 13.0. The first-order chi connectivity index (χ1) is 18.0. The number of rotatable bonds is 2. The standard InChI is InChI=1S/C33H33N3O2/c1-32(2,3)20-15-23(33(4,5)6)31-27(16-20)35-26-18-29-25(19-30(26)38-31)34-24-14-13-22(37-7)17-28(24)36(29)21-11-9-8-10-12-21/h8-19H,1-7H3. The van der Waals surface area contributed by atoms with Gasteiger partial charge >= 0.3 is 0 Å². The molecule has 192 valence electrons. The Labute approximate surface area is 224 Å². The Kier molecular flexibility index (Phi) is 5.39. The highest BCUT2D eigenvalue weighted by Gasteiger charge is 2.30. The number of hydrogen-bond donors (Lipinski definition) is 0. The Bertz CT molecular complexity index is 1690. The third-order valence-corrected chi connectivity index (χ3v) is 7.17. The van der Waals surface area contributed by atoms with E-state index < -0.39 is 0 Å². The van der Waals surface area contributed by atoms with Gasteiger partial charge in [-0.05, 0) is 52.8 Å². The highest BCUT2D eigenvalue weighted by atomic mass is 16.5. The summed E-state index contributed by atoms with van der Waals surface area (Å²) in [6, 6.07) is 24.9. The van der Waals surface area contributed by atoms with Crippen molar-refractivity contribution in [1.82, 2.24) is 0 Å². The summed E-state index contributed by atoms with van der Waals surface area (Å²) in [6.07, 6.45) is 0. The van der Waals surface area contributed by atoms with Crippen LogP contribution >= 0.6 is 0 Å². The first kappa shape index (κ1) is 24.2. The van der Waals surface area contributed by atoms with E-state index in [1.54, 1.807) is 7.11 Å². The van der Waals surface area contributed by atoms with Gasteiger partial charge in [0.25, 0.3) is 0 Å². The van der Waals surface area contributed by atoms with Gasteiger partial charge in [-0.3, -0.25) is 0 Å². The van der Waals surface area contributed by atoms with E-state index in [9.17, 15) is 0 Å². The van der Waals surface area contributed by atoms with Crippen molar-refractivity contribution in [1.29, 1.82) is 0 Å². The maximum absolute atomic E-state index is 6.64. The molecule has 0 saturated heterocycles. The fourth-order valence-electron chi connectivity index (χ4n) is 5.04. The highest BCUT2D eigenvalue weighted by molar-refractivity contribution is 5.86. The molecule has 6 rings (SSSR count). The summed E-state index contributed by atoms with van der Waals surface area (Å²) in [5.74, 6) is 2.34. The molecule has 2 aliphatic heterocycles. The average molecular weight is 504 g/mol. The molecule has 0 saturated carbocycles. The monoisotopic (exact) mass is 503 g/mol. The molecule has 38 heavy (non-hydrogen) atoms. The highest BCUT2D eigenvalue weighted by Crippen LogP contribution is 2.47. The first-order valence-electron chi connectivity index (χ1n) is 13.0. The van der Waals surface area contributed by atoms with Gasteiger partial charge in [-0.15, -0.1) is 0 Å². The van der Waals surface area contributed by atoms with Gasteiger partial charge in [-0.2, -0.15) is 0 Å². The number of fused-ring (bicyclic) bond motifs is 4. The smallest absolute Gasteiger partial charge is 0.156 e. The van der Waals surface area contributed by atoms with E-state index in [-0.39, 0.29) is 10.8 Å². The molecule has 0 unspecified atom stereocenters. The summed E-state index contributed by atoms with van der Waals surface area (Å²) in [6.45, 7) is 13.4. The van der Waals surface area contributed by atoms with Gasteiger partial charge < -0.3 is 14.4 Å². The molecule has 4 aromatic rings. The molecule has 5 heteroatoms. The van der Waals surface area contributed by atoms with Gasteiger partial charge in [-0.25, -0.2) is 9.98 Å². The van der Waals surface area contributed by atoms with Crippen LogP contribution in [0.5, 0.6) is 17.2 Å². The molecule has 0 bridgehead atoms. The molecular weight excluding hydrogens is 470 g/mol. The number of nitrogens with zero attached hydrogens (tertiary/aromatic N) is 3. The predicted octanol–water partition coefficient (Wildman–Crippen LogP) is 8.08. The Balaban J connectivity index is 1.61. The van der Waals surface area contributed by atoms with E-state index in [1.807, 2.05) is 42.5 Å². The fraction of sp³-hybridized carbons (Fsp3) is 0.273. The van der Waals surface area contributed by atoms with E-state index in [2.05, 4.69) is 76.8 Å². The largest absolute Gasteiger partial charge is 0.497 e. The quantitative estimate of drug-likeness (QED) is 0.240. The van der Waals surface area contributed by atoms with Crippen LogP contribution in [0.1, 0.15) is 52.7 Å². The molecule has 5 nitrogen and oxygen atoms in total. The van der Waals surface area contributed by atoms with Crippen LogP contribution < -0.4 is 25.1 Å². The lowest BCUT2D eigenvalue weighted by atomic mass is 9.79. The van der Waals surface area contributed by atoms with Crippen molar-refractivity contribution in [3.8, 4) is 17.2 Å². The van der Waals surface area contributed by atoms with Crippen LogP contribution in [0, 0.1) is 0 Å². The molecule has 0 aromatic heterocycles. The van der Waals surface area contributed by atoms with Crippen molar-refractivity contribution in [2.24, 2.45) is 9.98 Å². The molecule has 0 aliphatic carbocycles. The normalized spacial score (nSPS) is 13.7. The van der Waals surface area contributed by atoms with Crippen LogP contribution in [0.4, 0.5) is 28.4 Å². The number of hydrogen-bond acceptors (Lipinski definition) is 5. The minimum atomic E-state index is -0.0982. The van der Waals surface area contributed by atoms with Crippen molar-refractivity contribution < 1.29 is 9.47 Å². The molecule has 0 N–H and O–H groups in total. The summed E-state index contributed by atoms with van der Waals surface area (Å²) < 4.78 is 12.2. The van der Waals surface area contributed by atoms with Gasteiger partial charge in [0.05, 0.1) is 29.5 Å². The fourth-order valence-corrected chi connectivity index (χ4v) is 5.04. The number of anilines is 3. The zero-order chi connectivity index (χ0) is 26.8. The summed E-state index contributed by atoms with van der Waals surface area (Å²) in [7, 11) is 1.68. The average Bonchev–Trinajstić information content (AvgIpc) is 2.88. The number of methoxy groups -OCH3 is 1. The Morgan fingerprint density at radius 3 is 2.13 bits per heavy atom. The lowest BCUT2D eigenvalue weighted by Gasteiger charge is -2.31. The molecule has 2 aliphatic rings. The minimum absolute atomic E-state index is 0.00751. The van der Waals surface area contributed by atoms with E-state index >= 15 is 0 Å². The van der Waals surface area contributed by atoms with Crippen LogP contribution in [-0.2, 0) is 10.8 Å². The summed E-state index contributed by atoms with van der Waals surface area (Å²) in [5, 5.41) is 1.64. The minimum Gasteiger partial charge on any atom is -0.497 e. The van der Waals surface area contributed by atoms with Gasteiger partial charge in [0.15, 0.2) is 11.5 Å². The third kappa shape index (κ3) is 4.03. The second-order valence-corrected chi connectivity index (χ2v) is 12.0. The lowest BCUT2D eigenvalue weighted by Crippen LogP contribution is -2.27. The second kappa shape index (κ2) is 8.45. The maximum atomic E-state index is 6.64. The van der Waals surface area contributed by atoms with Crippen molar-refractivity contribution in [2.45, 2.75) is 52.4 Å². The number of benzene rings is 4. The molecule has 0 radical (unpaired) electrons. The SMILES string of the molecule is COc1ccc2c(c1)N(c1ccccc1)c1cc3c(cc1=N2)Oc1c(cc(C(C)(C)C)cc1C(C)(C)C)N=3. The molecule has 0 atom stereocenters. The van der Waals surface area contributed by atoms with Crippen LogP contribution in [0.2, 0.25) is 0 Å². The lowest BCUT2D eigenvalue weighted by molar-refractivity contribution is 0.415. The van der Waals surface area contributed by atoms with Crippen LogP contribution in [0.3, 0.4) is 0 Å². The molecule has 0 spiro atoms. The number of para-hydroxylation sites is 1. The van der Waals surface area contributed by atoms with Gasteiger partial charge in [0.1, 0.15) is 16.8 Å². The molecule has 0 fully saturated rings. The van der Waals surface area contributed by atoms with E-state index in [0.717, 1.165) is 62.0 Å². The summed E-state index contributed by atoms with van der Waals surface area (Å²) in [4.78, 5) is 12.4. The Morgan fingerprint density at radius 1 is 0.711 bits per heavy atom. The summed E-state index contributed by atoms with van der Waals surface area (Å²) >= 11 is 0. The molecular formula is C33H33N3O2. The molecule has 2 heterocycles. The Morgan fingerprint density at radius 2 is 1.45 bits per heavy atom. The number of ether oxygens (including phenoxy) is 2. The van der Waals surface area contributed by atoms with Crippen molar-refractivity contribution in [3.63, 3.8) is 0 Å². The van der Waals surface area contributed by atoms with E-state index in [4.69, 9.17) is 19.5 Å². The topological polar surface area (TPSA) is 46.4 Å². The van der Waals surface area contributed by atoms with Gasteiger partial charge in [0, 0.05) is 23.4 Å². The van der Waals surface area contributed by atoms with Gasteiger partial charge in [0.2, 0.25) is 0 Å². The van der Waals surface area contributed by atoms with Crippen LogP contribution in [-0.4, -0.2) is 7.11 Å². The van der Waals surface area contributed by atoms with Crippen molar-refractivity contribution >= 4 is 28.4 Å². The van der Waals surface area contributed by atoms with Crippen molar-refractivity contribution in [2.75, 3.05) is 12.0 Å². The maximum Gasteiger partial charge on any atom is 0.156 e. The van der Waals surface area contributed by atoms with Crippen LogP contribution in [0.15, 0.2) is 82.8 Å². The van der Waals surface area contributed by atoms with E-state index in [1.165, 1.54) is 5.56 Å². The molecule has 4 aromatic carbocycles. The predicted molar refractivity (Wildman–Crippen MR) is 153 cm³/mol. The van der Waals surface area contributed by atoms with Gasteiger partial charge in [-0.1, -0.05) is 65.8 Å². The zero-order valence-electron chi connectivity index (χ0n) is 23.1. The van der Waals surface area contributed by atoms with E-state index in [0.29, 0.717) is 0 Å². The second-order valence-electron chi connectivity index (χ2n) is 12.0. The summed E-state index contributed by atoms with van der Waals surface area (Å²) in [5.41, 5.74) is 7.01. The van der Waals surface area contributed by atoms with Crippen LogP contribution in [0.25, 0.3) is 0 Å². The Hall–Kier alpha value is -4.12.